The quantitative estimate of drug-likeness (QED) is 0.755. The molecule has 0 bridgehead atoms. The van der Waals surface area contributed by atoms with E-state index in [4.69, 9.17) is 0 Å². The van der Waals surface area contributed by atoms with E-state index in [1.165, 1.54) is 0 Å². The molecule has 0 fully saturated rings. The smallest absolute Gasteiger partial charge is 0.182 e. The van der Waals surface area contributed by atoms with E-state index >= 15 is 0 Å². The summed E-state index contributed by atoms with van der Waals surface area (Å²) in [7, 11) is 0. The highest BCUT2D eigenvalue weighted by atomic mass is 16.1. The first kappa shape index (κ1) is 10.0. The maximum atomic E-state index is 11.2. The van der Waals surface area contributed by atoms with Gasteiger partial charge in [-0.2, -0.15) is 0 Å². The van der Waals surface area contributed by atoms with Gasteiger partial charge in [-0.15, -0.1) is 0 Å². The number of pyridine rings is 1. The van der Waals surface area contributed by atoms with Crippen LogP contribution in [0.25, 0.3) is 0 Å². The lowest BCUT2D eigenvalue weighted by atomic mass is 10.2. The van der Waals surface area contributed by atoms with Crippen LogP contribution in [0.2, 0.25) is 0 Å². The SMILES string of the molecule is CCCc1cc(=O)cc(CCC)[nH]1. The Balaban J connectivity index is 2.90. The Morgan fingerprint density at radius 2 is 1.54 bits per heavy atom. The molecule has 0 saturated carbocycles. The molecule has 0 unspecified atom stereocenters. The van der Waals surface area contributed by atoms with Crippen molar-refractivity contribution in [1.82, 2.24) is 4.98 Å². The summed E-state index contributed by atoms with van der Waals surface area (Å²) in [6.07, 6.45) is 4.08. The van der Waals surface area contributed by atoms with Crippen LogP contribution in [0.5, 0.6) is 0 Å². The Kier molecular flexibility index (Phi) is 3.74. The first-order valence-electron chi connectivity index (χ1n) is 4.98. The average molecular weight is 179 g/mol. The molecule has 0 radical (unpaired) electrons. The zero-order valence-corrected chi connectivity index (χ0v) is 8.39. The van der Waals surface area contributed by atoms with Gasteiger partial charge in [0.1, 0.15) is 0 Å². The van der Waals surface area contributed by atoms with Gasteiger partial charge in [0.15, 0.2) is 5.43 Å². The summed E-state index contributed by atoms with van der Waals surface area (Å²) in [5, 5.41) is 0. The van der Waals surface area contributed by atoms with E-state index in [-0.39, 0.29) is 5.43 Å². The number of aryl methyl sites for hydroxylation is 2. The Morgan fingerprint density at radius 3 is 1.92 bits per heavy atom. The number of rotatable bonds is 4. The van der Waals surface area contributed by atoms with E-state index in [9.17, 15) is 4.79 Å². The number of nitrogens with one attached hydrogen (secondary N) is 1. The summed E-state index contributed by atoms with van der Waals surface area (Å²) in [6.45, 7) is 4.23. The van der Waals surface area contributed by atoms with Crippen molar-refractivity contribution >= 4 is 0 Å². The second-order valence-corrected chi connectivity index (χ2v) is 3.37. The van der Waals surface area contributed by atoms with Gasteiger partial charge in [0.2, 0.25) is 0 Å². The second-order valence-electron chi connectivity index (χ2n) is 3.37. The van der Waals surface area contributed by atoms with Crippen LogP contribution in [-0.2, 0) is 12.8 Å². The van der Waals surface area contributed by atoms with Gasteiger partial charge in [-0.05, 0) is 12.8 Å². The van der Waals surface area contributed by atoms with Gasteiger partial charge in [0.05, 0.1) is 0 Å². The van der Waals surface area contributed by atoms with Crippen LogP contribution in [0.1, 0.15) is 38.1 Å². The van der Waals surface area contributed by atoms with Gasteiger partial charge in [0.25, 0.3) is 0 Å². The second kappa shape index (κ2) is 4.85. The zero-order valence-electron chi connectivity index (χ0n) is 8.39. The fourth-order valence-corrected chi connectivity index (χ4v) is 1.47. The molecule has 13 heavy (non-hydrogen) atoms. The topological polar surface area (TPSA) is 32.9 Å². The number of aromatic nitrogens is 1. The van der Waals surface area contributed by atoms with Crippen LogP contribution in [0.4, 0.5) is 0 Å². The molecular formula is C11H17NO. The molecule has 0 aliphatic carbocycles. The lowest BCUT2D eigenvalue weighted by Gasteiger charge is -2.03. The minimum atomic E-state index is 0.130. The molecule has 0 atom stereocenters. The van der Waals surface area contributed by atoms with Crippen molar-refractivity contribution in [1.29, 1.82) is 0 Å². The lowest BCUT2D eigenvalue weighted by Crippen LogP contribution is -2.06. The number of hydrogen-bond donors (Lipinski definition) is 1. The molecule has 1 rings (SSSR count). The van der Waals surface area contributed by atoms with Gasteiger partial charge in [-0.3, -0.25) is 4.79 Å². The number of hydrogen-bond acceptors (Lipinski definition) is 1. The molecule has 2 heteroatoms. The molecule has 0 aromatic carbocycles. The molecule has 0 amide bonds. The number of aromatic amines is 1. The maximum absolute atomic E-state index is 11.2. The summed E-state index contributed by atoms with van der Waals surface area (Å²) in [5.41, 5.74) is 2.27. The first-order valence-corrected chi connectivity index (χ1v) is 4.98. The zero-order chi connectivity index (χ0) is 9.68. The molecule has 0 aliphatic heterocycles. The monoisotopic (exact) mass is 179 g/mol. The van der Waals surface area contributed by atoms with Crippen LogP contribution >= 0.6 is 0 Å². The van der Waals surface area contributed by atoms with Crippen molar-refractivity contribution in [2.45, 2.75) is 39.5 Å². The number of H-pyrrole nitrogens is 1. The van der Waals surface area contributed by atoms with Gasteiger partial charge in [0, 0.05) is 23.5 Å². The highest BCUT2D eigenvalue weighted by Crippen LogP contribution is 2.00. The molecule has 1 aromatic rings. The summed E-state index contributed by atoms with van der Waals surface area (Å²) in [5.74, 6) is 0. The van der Waals surface area contributed by atoms with Crippen molar-refractivity contribution in [3.05, 3.63) is 33.7 Å². The Bertz CT molecular complexity index is 287. The van der Waals surface area contributed by atoms with Crippen LogP contribution in [-0.4, -0.2) is 4.98 Å². The largest absolute Gasteiger partial charge is 0.362 e. The lowest BCUT2D eigenvalue weighted by molar-refractivity contribution is 0.828. The van der Waals surface area contributed by atoms with Crippen molar-refractivity contribution in [2.24, 2.45) is 0 Å². The first-order chi connectivity index (χ1) is 6.26. The predicted octanol–water partition coefficient (Wildman–Crippen LogP) is 2.28. The predicted molar refractivity (Wildman–Crippen MR) is 55.1 cm³/mol. The minimum absolute atomic E-state index is 0.130. The standard InChI is InChI=1S/C11H17NO/c1-3-5-9-7-11(13)8-10(12-9)6-4-2/h7-8H,3-6H2,1-2H3,(H,12,13). The summed E-state index contributed by atoms with van der Waals surface area (Å²) in [6, 6.07) is 3.39. The molecule has 1 aromatic heterocycles. The van der Waals surface area contributed by atoms with E-state index in [1.807, 2.05) is 0 Å². The average Bonchev–Trinajstić information content (AvgIpc) is 2.04. The fourth-order valence-electron chi connectivity index (χ4n) is 1.47. The van der Waals surface area contributed by atoms with Crippen LogP contribution < -0.4 is 5.43 Å². The van der Waals surface area contributed by atoms with Crippen molar-refractivity contribution in [3.63, 3.8) is 0 Å². The maximum Gasteiger partial charge on any atom is 0.182 e. The Hall–Kier alpha value is -1.05. The molecule has 0 aliphatic rings. The third-order valence-electron chi connectivity index (χ3n) is 1.99. The van der Waals surface area contributed by atoms with Gasteiger partial charge in [-0.25, -0.2) is 0 Å². The molecule has 0 saturated heterocycles. The van der Waals surface area contributed by atoms with Gasteiger partial charge < -0.3 is 4.98 Å². The van der Waals surface area contributed by atoms with Crippen LogP contribution in [0.3, 0.4) is 0 Å². The van der Waals surface area contributed by atoms with Crippen molar-refractivity contribution in [2.75, 3.05) is 0 Å². The fraction of sp³-hybridized carbons (Fsp3) is 0.545. The van der Waals surface area contributed by atoms with Gasteiger partial charge >= 0.3 is 0 Å². The summed E-state index contributed by atoms with van der Waals surface area (Å²) < 4.78 is 0. The molecule has 1 heterocycles. The third-order valence-corrected chi connectivity index (χ3v) is 1.99. The molecule has 72 valence electrons. The van der Waals surface area contributed by atoms with Crippen molar-refractivity contribution < 1.29 is 0 Å². The molecule has 1 N–H and O–H groups in total. The summed E-state index contributed by atoms with van der Waals surface area (Å²) in [4.78, 5) is 14.5. The van der Waals surface area contributed by atoms with E-state index in [0.29, 0.717) is 0 Å². The molecule has 0 spiro atoms. The Morgan fingerprint density at radius 1 is 1.08 bits per heavy atom. The van der Waals surface area contributed by atoms with Crippen LogP contribution in [0, 0.1) is 0 Å². The Labute approximate surface area is 79.0 Å². The molecular weight excluding hydrogens is 162 g/mol. The normalized spacial score (nSPS) is 10.3. The van der Waals surface area contributed by atoms with E-state index in [2.05, 4.69) is 18.8 Å². The van der Waals surface area contributed by atoms with Gasteiger partial charge in [-0.1, -0.05) is 26.7 Å². The van der Waals surface area contributed by atoms with Crippen molar-refractivity contribution in [3.8, 4) is 0 Å². The minimum Gasteiger partial charge on any atom is -0.362 e. The summed E-state index contributed by atoms with van der Waals surface area (Å²) >= 11 is 0. The van der Waals surface area contributed by atoms with E-state index in [0.717, 1.165) is 37.1 Å². The van der Waals surface area contributed by atoms with E-state index < -0.39 is 0 Å². The highest BCUT2D eigenvalue weighted by molar-refractivity contribution is 5.11. The van der Waals surface area contributed by atoms with Crippen LogP contribution in [0.15, 0.2) is 16.9 Å². The third kappa shape index (κ3) is 3.05. The molecule has 2 nitrogen and oxygen atoms in total. The van der Waals surface area contributed by atoms with E-state index in [1.54, 1.807) is 12.1 Å². The highest BCUT2D eigenvalue weighted by Gasteiger charge is 1.97.